The van der Waals surface area contributed by atoms with Crippen molar-refractivity contribution in [3.63, 3.8) is 0 Å². The van der Waals surface area contributed by atoms with Gasteiger partial charge in [0.2, 0.25) is 5.95 Å². The molecule has 0 spiro atoms. The van der Waals surface area contributed by atoms with Gasteiger partial charge in [-0.3, -0.25) is 4.79 Å². The first-order valence-electron chi connectivity index (χ1n) is 4.85. The third kappa shape index (κ3) is 1.60. The highest BCUT2D eigenvalue weighted by molar-refractivity contribution is 5.75. The number of aryl methyl sites for hydroxylation is 1. The molecule has 4 nitrogen and oxygen atoms in total. The van der Waals surface area contributed by atoms with E-state index in [2.05, 4.69) is 14.9 Å². The van der Waals surface area contributed by atoms with Crippen LogP contribution in [0.15, 0.2) is 6.20 Å². The van der Waals surface area contributed by atoms with Gasteiger partial charge in [0.05, 0.1) is 11.3 Å². The van der Waals surface area contributed by atoms with E-state index >= 15 is 0 Å². The zero-order valence-corrected chi connectivity index (χ0v) is 8.23. The molecule has 14 heavy (non-hydrogen) atoms. The summed E-state index contributed by atoms with van der Waals surface area (Å²) in [7, 11) is 0. The largest absolute Gasteiger partial charge is 0.341 e. The zero-order valence-electron chi connectivity index (χ0n) is 8.23. The van der Waals surface area contributed by atoms with Crippen molar-refractivity contribution < 1.29 is 4.79 Å². The van der Waals surface area contributed by atoms with E-state index in [4.69, 9.17) is 0 Å². The zero-order chi connectivity index (χ0) is 9.97. The predicted octanol–water partition coefficient (Wildman–Crippen LogP) is 1.20. The first kappa shape index (κ1) is 9.12. The number of hydrogen-bond acceptors (Lipinski definition) is 4. The first-order valence-corrected chi connectivity index (χ1v) is 4.85. The van der Waals surface area contributed by atoms with Crippen molar-refractivity contribution in [1.29, 1.82) is 0 Å². The summed E-state index contributed by atoms with van der Waals surface area (Å²) in [6.07, 6.45) is 4.81. The highest BCUT2D eigenvalue weighted by atomic mass is 16.1. The topological polar surface area (TPSA) is 46.1 Å². The summed E-state index contributed by atoms with van der Waals surface area (Å²) in [5.74, 6) is 0.755. The normalized spacial score (nSPS) is 15.9. The summed E-state index contributed by atoms with van der Waals surface area (Å²) < 4.78 is 0. The van der Waals surface area contributed by atoms with Crippen molar-refractivity contribution in [3.05, 3.63) is 17.5 Å². The van der Waals surface area contributed by atoms with Crippen LogP contribution in [0.2, 0.25) is 0 Å². The number of rotatable bonds is 2. The van der Waals surface area contributed by atoms with Gasteiger partial charge in [-0.2, -0.15) is 0 Å². The molecule has 0 unspecified atom stereocenters. The van der Waals surface area contributed by atoms with E-state index in [0.29, 0.717) is 5.56 Å². The third-order valence-corrected chi connectivity index (χ3v) is 2.52. The predicted molar refractivity (Wildman–Crippen MR) is 53.6 cm³/mol. The maximum atomic E-state index is 10.6. The average Bonchev–Trinajstić information content (AvgIpc) is 2.70. The van der Waals surface area contributed by atoms with E-state index < -0.39 is 0 Å². The molecule has 0 radical (unpaired) electrons. The van der Waals surface area contributed by atoms with Crippen LogP contribution in [0.1, 0.15) is 28.9 Å². The van der Waals surface area contributed by atoms with Gasteiger partial charge < -0.3 is 4.90 Å². The van der Waals surface area contributed by atoms with E-state index in [0.717, 1.165) is 31.0 Å². The fourth-order valence-electron chi connectivity index (χ4n) is 1.65. The van der Waals surface area contributed by atoms with Crippen LogP contribution in [-0.2, 0) is 0 Å². The molecule has 74 valence electrons. The second kappa shape index (κ2) is 3.74. The van der Waals surface area contributed by atoms with E-state index in [1.54, 1.807) is 6.20 Å². The Morgan fingerprint density at radius 1 is 1.43 bits per heavy atom. The van der Waals surface area contributed by atoms with Crippen LogP contribution in [-0.4, -0.2) is 29.3 Å². The standard InChI is InChI=1S/C10H13N3O/c1-8-9(7-14)6-11-10(12-8)13-4-2-3-5-13/h6-7H,2-5H2,1H3. The molecule has 1 aromatic heterocycles. The van der Waals surface area contributed by atoms with Crippen molar-refractivity contribution in [2.45, 2.75) is 19.8 Å². The molecule has 0 saturated carbocycles. The fraction of sp³-hybridized carbons (Fsp3) is 0.500. The minimum atomic E-state index is 0.577. The molecule has 0 N–H and O–H groups in total. The van der Waals surface area contributed by atoms with Crippen LogP contribution in [0, 0.1) is 6.92 Å². The number of carbonyl (C=O) groups excluding carboxylic acids is 1. The van der Waals surface area contributed by atoms with E-state index in [1.165, 1.54) is 12.8 Å². The van der Waals surface area contributed by atoms with Gasteiger partial charge in [-0.25, -0.2) is 9.97 Å². The molecule has 1 fully saturated rings. The lowest BCUT2D eigenvalue weighted by Crippen LogP contribution is -2.20. The van der Waals surface area contributed by atoms with E-state index in [1.807, 2.05) is 6.92 Å². The lowest BCUT2D eigenvalue weighted by atomic mass is 10.3. The van der Waals surface area contributed by atoms with Crippen molar-refractivity contribution in [1.82, 2.24) is 9.97 Å². The molecule has 1 aromatic rings. The van der Waals surface area contributed by atoms with Crippen LogP contribution >= 0.6 is 0 Å². The Morgan fingerprint density at radius 3 is 2.71 bits per heavy atom. The molecule has 0 amide bonds. The van der Waals surface area contributed by atoms with Gasteiger partial charge in [-0.1, -0.05) is 0 Å². The molecule has 1 aliphatic rings. The highest BCUT2D eigenvalue weighted by Crippen LogP contribution is 2.15. The minimum Gasteiger partial charge on any atom is -0.341 e. The molecule has 4 heteroatoms. The maximum Gasteiger partial charge on any atom is 0.225 e. The van der Waals surface area contributed by atoms with Crippen molar-refractivity contribution in [3.8, 4) is 0 Å². The SMILES string of the molecule is Cc1nc(N2CCCC2)ncc1C=O. The smallest absolute Gasteiger partial charge is 0.225 e. The summed E-state index contributed by atoms with van der Waals surface area (Å²) in [6.45, 7) is 3.89. The Hall–Kier alpha value is -1.45. The molecule has 0 aliphatic carbocycles. The highest BCUT2D eigenvalue weighted by Gasteiger charge is 2.15. The average molecular weight is 191 g/mol. The molecule has 1 saturated heterocycles. The lowest BCUT2D eigenvalue weighted by Gasteiger charge is -2.15. The second-order valence-electron chi connectivity index (χ2n) is 3.52. The van der Waals surface area contributed by atoms with Crippen molar-refractivity contribution in [2.75, 3.05) is 18.0 Å². The van der Waals surface area contributed by atoms with Crippen LogP contribution in [0.5, 0.6) is 0 Å². The van der Waals surface area contributed by atoms with Gasteiger partial charge in [-0.15, -0.1) is 0 Å². The Balaban J connectivity index is 2.27. The lowest BCUT2D eigenvalue weighted by molar-refractivity contribution is 0.112. The Morgan fingerprint density at radius 2 is 2.14 bits per heavy atom. The molecule has 1 aliphatic heterocycles. The molecule has 2 rings (SSSR count). The van der Waals surface area contributed by atoms with Crippen LogP contribution in [0.4, 0.5) is 5.95 Å². The summed E-state index contributed by atoms with van der Waals surface area (Å²) in [5, 5.41) is 0. The number of aldehydes is 1. The fourth-order valence-corrected chi connectivity index (χ4v) is 1.65. The molecule has 0 atom stereocenters. The summed E-state index contributed by atoms with van der Waals surface area (Å²) >= 11 is 0. The summed E-state index contributed by atoms with van der Waals surface area (Å²) in [5.41, 5.74) is 1.34. The molecule has 0 bridgehead atoms. The summed E-state index contributed by atoms with van der Waals surface area (Å²) in [6, 6.07) is 0. The summed E-state index contributed by atoms with van der Waals surface area (Å²) in [4.78, 5) is 21.2. The second-order valence-corrected chi connectivity index (χ2v) is 3.52. The quantitative estimate of drug-likeness (QED) is 0.659. The monoisotopic (exact) mass is 191 g/mol. The number of aromatic nitrogens is 2. The molecule has 2 heterocycles. The number of carbonyl (C=O) groups is 1. The van der Waals surface area contributed by atoms with E-state index in [9.17, 15) is 4.79 Å². The van der Waals surface area contributed by atoms with Crippen LogP contribution < -0.4 is 4.90 Å². The Kier molecular flexibility index (Phi) is 2.43. The molecule has 0 aromatic carbocycles. The van der Waals surface area contributed by atoms with Crippen molar-refractivity contribution >= 4 is 12.2 Å². The van der Waals surface area contributed by atoms with Gasteiger partial charge >= 0.3 is 0 Å². The number of hydrogen-bond donors (Lipinski definition) is 0. The Labute approximate surface area is 83.0 Å². The van der Waals surface area contributed by atoms with Crippen LogP contribution in [0.25, 0.3) is 0 Å². The van der Waals surface area contributed by atoms with Crippen LogP contribution in [0.3, 0.4) is 0 Å². The number of anilines is 1. The van der Waals surface area contributed by atoms with Gasteiger partial charge in [0, 0.05) is 19.3 Å². The third-order valence-electron chi connectivity index (χ3n) is 2.52. The maximum absolute atomic E-state index is 10.6. The Bertz CT molecular complexity index is 345. The van der Waals surface area contributed by atoms with E-state index in [-0.39, 0.29) is 0 Å². The van der Waals surface area contributed by atoms with Gasteiger partial charge in [-0.05, 0) is 19.8 Å². The van der Waals surface area contributed by atoms with Crippen molar-refractivity contribution in [2.24, 2.45) is 0 Å². The molecular weight excluding hydrogens is 178 g/mol. The van der Waals surface area contributed by atoms with Gasteiger partial charge in [0.1, 0.15) is 0 Å². The first-order chi connectivity index (χ1) is 6.81. The minimum absolute atomic E-state index is 0.577. The number of nitrogens with zero attached hydrogens (tertiary/aromatic N) is 3. The van der Waals surface area contributed by atoms with Gasteiger partial charge in [0.15, 0.2) is 6.29 Å². The molecular formula is C10H13N3O. The van der Waals surface area contributed by atoms with Gasteiger partial charge in [0.25, 0.3) is 0 Å².